The molecule has 0 aliphatic carbocycles. The fraction of sp³-hybridized carbons (Fsp3) is 0.867. The largest absolute Gasteiger partial charge is 0.355 e. The first kappa shape index (κ1) is 17.9. The molecule has 0 saturated carbocycles. The van der Waals surface area contributed by atoms with Crippen molar-refractivity contribution in [3.63, 3.8) is 0 Å². The average Bonchev–Trinajstić information content (AvgIpc) is 2.51. The Hall–Kier alpha value is -1.14. The zero-order valence-electron chi connectivity index (χ0n) is 13.4. The summed E-state index contributed by atoms with van der Waals surface area (Å²) in [5, 5.41) is 2.88. The summed E-state index contributed by atoms with van der Waals surface area (Å²) in [6.45, 7) is 8.79. The van der Waals surface area contributed by atoms with Gasteiger partial charge in [0.2, 0.25) is 11.8 Å². The maximum Gasteiger partial charge on any atom is 0.234 e. The van der Waals surface area contributed by atoms with Crippen LogP contribution < -0.4 is 11.1 Å². The van der Waals surface area contributed by atoms with E-state index in [-0.39, 0.29) is 17.7 Å². The van der Waals surface area contributed by atoms with Gasteiger partial charge in [-0.1, -0.05) is 20.3 Å². The van der Waals surface area contributed by atoms with E-state index in [2.05, 4.69) is 17.1 Å². The third-order valence-corrected chi connectivity index (χ3v) is 4.04. The Balaban J connectivity index is 2.28. The Kier molecular flexibility index (Phi) is 8.30. The Bertz CT molecular complexity index is 324. The summed E-state index contributed by atoms with van der Waals surface area (Å²) in [6, 6.07) is 0. The van der Waals surface area contributed by atoms with Crippen molar-refractivity contribution in [2.24, 2.45) is 11.7 Å². The van der Waals surface area contributed by atoms with Crippen molar-refractivity contribution in [3.05, 3.63) is 0 Å². The molecule has 0 aromatic heterocycles. The van der Waals surface area contributed by atoms with Crippen LogP contribution in [0, 0.1) is 5.92 Å². The van der Waals surface area contributed by atoms with Crippen LogP contribution >= 0.6 is 0 Å². The van der Waals surface area contributed by atoms with E-state index < -0.39 is 0 Å². The quantitative estimate of drug-likeness (QED) is 0.663. The number of hydrogen-bond donors (Lipinski definition) is 2. The molecule has 1 atom stereocenters. The number of amides is 2. The molecule has 0 spiro atoms. The van der Waals surface area contributed by atoms with Crippen molar-refractivity contribution in [2.75, 3.05) is 45.8 Å². The van der Waals surface area contributed by atoms with Crippen LogP contribution in [0.3, 0.4) is 0 Å². The van der Waals surface area contributed by atoms with E-state index in [0.717, 1.165) is 32.5 Å². The van der Waals surface area contributed by atoms with Crippen LogP contribution in [0.4, 0.5) is 0 Å². The molecule has 1 fully saturated rings. The molecule has 6 heteroatoms. The molecule has 6 nitrogen and oxygen atoms in total. The molecule has 2 amide bonds. The molecule has 0 bridgehead atoms. The highest BCUT2D eigenvalue weighted by Crippen LogP contribution is 2.11. The monoisotopic (exact) mass is 298 g/mol. The smallest absolute Gasteiger partial charge is 0.234 e. The normalized spacial score (nSPS) is 17.6. The van der Waals surface area contributed by atoms with E-state index in [1.165, 1.54) is 0 Å². The molecule has 0 aromatic rings. The minimum absolute atomic E-state index is 0.0748. The second kappa shape index (κ2) is 9.73. The van der Waals surface area contributed by atoms with Crippen molar-refractivity contribution in [1.29, 1.82) is 0 Å². The van der Waals surface area contributed by atoms with Gasteiger partial charge in [-0.2, -0.15) is 0 Å². The van der Waals surface area contributed by atoms with Gasteiger partial charge in [0, 0.05) is 39.1 Å². The summed E-state index contributed by atoms with van der Waals surface area (Å²) in [5.74, 6) is 0.559. The zero-order valence-corrected chi connectivity index (χ0v) is 13.4. The molecule has 0 aromatic carbocycles. The van der Waals surface area contributed by atoms with Crippen LogP contribution in [0.2, 0.25) is 0 Å². The predicted octanol–water partition coefficient (Wildman–Crippen LogP) is 0.0318. The summed E-state index contributed by atoms with van der Waals surface area (Å²) in [6.07, 6.45) is 2.44. The van der Waals surface area contributed by atoms with Gasteiger partial charge in [0.05, 0.1) is 6.54 Å². The number of nitrogens with one attached hydrogen (secondary N) is 1. The van der Waals surface area contributed by atoms with E-state index in [1.54, 1.807) is 0 Å². The molecule has 1 unspecified atom stereocenters. The molecule has 1 aliphatic rings. The first-order chi connectivity index (χ1) is 10.1. The standard InChI is InChI=1S/C15H30N4O2/c1-3-5-17-14(20)12-18-6-8-19(9-7-18)15(21)10-13(4-2)11-16/h13H,3-12,16H2,1-2H3,(H,17,20). The van der Waals surface area contributed by atoms with Crippen LogP contribution in [-0.4, -0.2) is 67.4 Å². The van der Waals surface area contributed by atoms with E-state index in [4.69, 9.17) is 5.73 Å². The minimum Gasteiger partial charge on any atom is -0.355 e. The molecule has 1 saturated heterocycles. The van der Waals surface area contributed by atoms with Gasteiger partial charge >= 0.3 is 0 Å². The Labute approximate surface area is 128 Å². The van der Waals surface area contributed by atoms with E-state index in [0.29, 0.717) is 32.6 Å². The molecule has 3 N–H and O–H groups in total. The lowest BCUT2D eigenvalue weighted by Gasteiger charge is -2.35. The second-order valence-electron chi connectivity index (χ2n) is 5.72. The maximum atomic E-state index is 12.2. The van der Waals surface area contributed by atoms with Gasteiger partial charge in [-0.15, -0.1) is 0 Å². The summed E-state index contributed by atoms with van der Waals surface area (Å²) < 4.78 is 0. The molecule has 1 heterocycles. The molecule has 1 rings (SSSR count). The number of hydrogen-bond acceptors (Lipinski definition) is 4. The van der Waals surface area contributed by atoms with Gasteiger partial charge in [-0.05, 0) is 18.9 Å². The molecular formula is C15H30N4O2. The van der Waals surface area contributed by atoms with Gasteiger partial charge in [0.1, 0.15) is 0 Å². The number of piperazine rings is 1. The first-order valence-corrected chi connectivity index (χ1v) is 8.07. The summed E-state index contributed by atoms with van der Waals surface area (Å²) in [5.41, 5.74) is 5.65. The number of carbonyl (C=O) groups is 2. The first-order valence-electron chi connectivity index (χ1n) is 8.07. The van der Waals surface area contributed by atoms with Gasteiger partial charge in [0.15, 0.2) is 0 Å². The predicted molar refractivity (Wildman–Crippen MR) is 83.8 cm³/mol. The van der Waals surface area contributed by atoms with Crippen molar-refractivity contribution >= 4 is 11.8 Å². The van der Waals surface area contributed by atoms with E-state index >= 15 is 0 Å². The number of nitrogens with zero attached hydrogens (tertiary/aromatic N) is 2. The van der Waals surface area contributed by atoms with Crippen LogP contribution in [0.5, 0.6) is 0 Å². The van der Waals surface area contributed by atoms with Crippen LogP contribution in [0.1, 0.15) is 33.1 Å². The third-order valence-electron chi connectivity index (χ3n) is 4.04. The molecule has 21 heavy (non-hydrogen) atoms. The lowest BCUT2D eigenvalue weighted by molar-refractivity contribution is -0.134. The summed E-state index contributed by atoms with van der Waals surface area (Å²) in [7, 11) is 0. The van der Waals surface area contributed by atoms with E-state index in [1.807, 2.05) is 11.8 Å². The lowest BCUT2D eigenvalue weighted by Crippen LogP contribution is -2.51. The zero-order chi connectivity index (χ0) is 15.7. The van der Waals surface area contributed by atoms with Crippen molar-refractivity contribution in [2.45, 2.75) is 33.1 Å². The van der Waals surface area contributed by atoms with Crippen LogP contribution in [0.25, 0.3) is 0 Å². The maximum absolute atomic E-state index is 12.2. The lowest BCUT2D eigenvalue weighted by atomic mass is 10.0. The fourth-order valence-electron chi connectivity index (χ4n) is 2.45. The Morgan fingerprint density at radius 3 is 2.38 bits per heavy atom. The second-order valence-corrected chi connectivity index (χ2v) is 5.72. The highest BCUT2D eigenvalue weighted by molar-refractivity contribution is 5.78. The van der Waals surface area contributed by atoms with Crippen LogP contribution in [0.15, 0.2) is 0 Å². The van der Waals surface area contributed by atoms with Crippen LogP contribution in [-0.2, 0) is 9.59 Å². The highest BCUT2D eigenvalue weighted by atomic mass is 16.2. The van der Waals surface area contributed by atoms with Gasteiger partial charge in [-0.3, -0.25) is 14.5 Å². The summed E-state index contributed by atoms with van der Waals surface area (Å²) >= 11 is 0. The molecule has 0 radical (unpaired) electrons. The SMILES string of the molecule is CCCNC(=O)CN1CCN(C(=O)CC(CC)CN)CC1. The fourth-order valence-corrected chi connectivity index (χ4v) is 2.45. The molecule has 1 aliphatic heterocycles. The average molecular weight is 298 g/mol. The Morgan fingerprint density at radius 1 is 1.19 bits per heavy atom. The molecule has 122 valence electrons. The van der Waals surface area contributed by atoms with Crippen molar-refractivity contribution in [1.82, 2.24) is 15.1 Å². The number of nitrogens with two attached hydrogens (primary N) is 1. The third kappa shape index (κ3) is 6.44. The number of carbonyl (C=O) groups excluding carboxylic acids is 2. The minimum atomic E-state index is 0.0748. The van der Waals surface area contributed by atoms with Gasteiger partial charge < -0.3 is 16.0 Å². The Morgan fingerprint density at radius 2 is 1.86 bits per heavy atom. The number of rotatable bonds is 8. The van der Waals surface area contributed by atoms with Gasteiger partial charge in [0.25, 0.3) is 0 Å². The van der Waals surface area contributed by atoms with Crippen molar-refractivity contribution < 1.29 is 9.59 Å². The van der Waals surface area contributed by atoms with Crippen molar-refractivity contribution in [3.8, 4) is 0 Å². The summed E-state index contributed by atoms with van der Waals surface area (Å²) in [4.78, 5) is 27.8. The topological polar surface area (TPSA) is 78.7 Å². The van der Waals surface area contributed by atoms with E-state index in [9.17, 15) is 9.59 Å². The van der Waals surface area contributed by atoms with Gasteiger partial charge in [-0.25, -0.2) is 0 Å². The molecular weight excluding hydrogens is 268 g/mol. The highest BCUT2D eigenvalue weighted by Gasteiger charge is 2.23.